The molecule has 3 nitrogen and oxygen atoms in total. The molecule has 4 heteroatoms. The second kappa shape index (κ2) is 6.38. The van der Waals surface area contributed by atoms with Crippen LogP contribution in [0.3, 0.4) is 0 Å². The van der Waals surface area contributed by atoms with Crippen LogP contribution in [0.5, 0.6) is 0 Å². The first-order chi connectivity index (χ1) is 6.10. The Hall–Kier alpha value is -0.0900. The van der Waals surface area contributed by atoms with Gasteiger partial charge in [0.1, 0.15) is 0 Å². The lowest BCUT2D eigenvalue weighted by molar-refractivity contribution is 0.323. The Bertz CT molecular complexity index is 190. The lowest BCUT2D eigenvalue weighted by Gasteiger charge is -2.30. The first kappa shape index (κ1) is 12.9. The van der Waals surface area contributed by atoms with Crippen LogP contribution in [0.1, 0.15) is 52.9 Å². The smallest absolute Gasteiger partial charge is 0.201 e. The van der Waals surface area contributed by atoms with Crippen LogP contribution >= 0.6 is 0 Å². The van der Waals surface area contributed by atoms with Crippen molar-refractivity contribution in [2.45, 2.75) is 58.4 Å². The van der Waals surface area contributed by atoms with Crippen LogP contribution in [0, 0.1) is 0 Å². The molecule has 80 valence electrons. The Morgan fingerprint density at radius 2 is 1.69 bits per heavy atom. The predicted octanol–water partition coefficient (Wildman–Crippen LogP) is 1.85. The maximum Gasteiger partial charge on any atom is 0.201 e. The summed E-state index contributed by atoms with van der Waals surface area (Å²) in [7, 11) is -2.47. The van der Waals surface area contributed by atoms with Gasteiger partial charge in [0, 0.05) is 5.54 Å². The molecular weight excluding hydrogens is 186 g/mol. The van der Waals surface area contributed by atoms with Gasteiger partial charge < -0.3 is 0 Å². The summed E-state index contributed by atoms with van der Waals surface area (Å²) >= 11 is 0. The molecule has 0 atom stereocenters. The minimum absolute atomic E-state index is 0.189. The van der Waals surface area contributed by atoms with E-state index in [9.17, 15) is 8.42 Å². The van der Waals surface area contributed by atoms with Gasteiger partial charge in [-0.1, -0.05) is 33.6 Å². The number of hydrogen-bond acceptors (Lipinski definition) is 2. The highest BCUT2D eigenvalue weighted by atomic mass is 32.2. The van der Waals surface area contributed by atoms with Gasteiger partial charge in [-0.05, 0) is 19.3 Å². The van der Waals surface area contributed by atoms with E-state index >= 15 is 0 Å². The standard InChI is InChI=1S/C9H21NO2S/c1-4-7-8-9(5-2,6-3)10-13(11)12/h13H,4-8H2,1-3H3,(H,10,11,12). The normalized spacial score (nSPS) is 12.3. The minimum atomic E-state index is -2.47. The Morgan fingerprint density at radius 1 is 1.15 bits per heavy atom. The maximum atomic E-state index is 10.6. The highest BCUT2D eigenvalue weighted by Gasteiger charge is 2.25. The third kappa shape index (κ3) is 4.62. The third-order valence-electron chi connectivity index (χ3n) is 2.69. The van der Waals surface area contributed by atoms with Crippen LogP contribution in [0.15, 0.2) is 0 Å². The van der Waals surface area contributed by atoms with E-state index in [0.29, 0.717) is 0 Å². The molecule has 0 amide bonds. The molecule has 0 aromatic carbocycles. The van der Waals surface area contributed by atoms with Gasteiger partial charge in [-0.3, -0.25) is 0 Å². The molecule has 0 saturated carbocycles. The van der Waals surface area contributed by atoms with E-state index in [1.54, 1.807) is 0 Å². The van der Waals surface area contributed by atoms with Crippen LogP contribution < -0.4 is 4.72 Å². The van der Waals surface area contributed by atoms with Gasteiger partial charge in [0.05, 0.1) is 0 Å². The predicted molar refractivity (Wildman–Crippen MR) is 56.3 cm³/mol. The zero-order chi connectivity index (χ0) is 10.3. The average molecular weight is 207 g/mol. The average Bonchev–Trinajstić information content (AvgIpc) is 2.12. The molecule has 0 bridgehead atoms. The minimum Gasteiger partial charge on any atom is -0.215 e. The van der Waals surface area contributed by atoms with E-state index in [4.69, 9.17) is 0 Å². The van der Waals surface area contributed by atoms with E-state index in [-0.39, 0.29) is 5.54 Å². The quantitative estimate of drug-likeness (QED) is 0.626. The fourth-order valence-electron chi connectivity index (χ4n) is 1.53. The van der Waals surface area contributed by atoms with Crippen molar-refractivity contribution in [2.75, 3.05) is 0 Å². The summed E-state index contributed by atoms with van der Waals surface area (Å²) in [5.74, 6) is 0. The summed E-state index contributed by atoms with van der Waals surface area (Å²) < 4.78 is 23.9. The lowest BCUT2D eigenvalue weighted by Crippen LogP contribution is -2.43. The molecular formula is C9H21NO2S. The summed E-state index contributed by atoms with van der Waals surface area (Å²) in [6.07, 6.45) is 4.87. The maximum absolute atomic E-state index is 10.6. The fraction of sp³-hybridized carbons (Fsp3) is 1.00. The van der Waals surface area contributed by atoms with Crippen LogP contribution in [-0.4, -0.2) is 14.0 Å². The molecule has 0 saturated heterocycles. The first-order valence-electron chi connectivity index (χ1n) is 5.02. The van der Waals surface area contributed by atoms with E-state index in [1.165, 1.54) is 0 Å². The summed E-state index contributed by atoms with van der Waals surface area (Å²) in [5, 5.41) is 0. The van der Waals surface area contributed by atoms with Crippen LogP contribution in [0.2, 0.25) is 0 Å². The summed E-state index contributed by atoms with van der Waals surface area (Å²) in [6.45, 7) is 6.18. The molecule has 0 aromatic rings. The molecule has 1 N–H and O–H groups in total. The molecule has 0 unspecified atom stereocenters. The van der Waals surface area contributed by atoms with Crippen molar-refractivity contribution >= 4 is 10.9 Å². The van der Waals surface area contributed by atoms with E-state index < -0.39 is 10.9 Å². The Morgan fingerprint density at radius 3 is 2.00 bits per heavy atom. The van der Waals surface area contributed by atoms with E-state index in [0.717, 1.165) is 32.1 Å². The number of nitrogens with one attached hydrogen (secondary N) is 1. The van der Waals surface area contributed by atoms with Gasteiger partial charge in [-0.25, -0.2) is 13.1 Å². The van der Waals surface area contributed by atoms with Gasteiger partial charge in [0.25, 0.3) is 0 Å². The van der Waals surface area contributed by atoms with Gasteiger partial charge >= 0.3 is 0 Å². The van der Waals surface area contributed by atoms with E-state index in [1.807, 2.05) is 13.8 Å². The molecule has 13 heavy (non-hydrogen) atoms. The van der Waals surface area contributed by atoms with Crippen molar-refractivity contribution in [1.29, 1.82) is 0 Å². The second-order valence-corrected chi connectivity index (χ2v) is 4.20. The molecule has 0 aliphatic heterocycles. The van der Waals surface area contributed by atoms with Crippen molar-refractivity contribution in [3.05, 3.63) is 0 Å². The van der Waals surface area contributed by atoms with Crippen molar-refractivity contribution in [3.63, 3.8) is 0 Å². The fourth-order valence-corrected chi connectivity index (χ4v) is 2.34. The van der Waals surface area contributed by atoms with Crippen LogP contribution in [0.25, 0.3) is 0 Å². The van der Waals surface area contributed by atoms with Gasteiger partial charge in [0.15, 0.2) is 0 Å². The molecule has 0 aliphatic rings. The zero-order valence-electron chi connectivity index (χ0n) is 8.80. The molecule has 0 spiro atoms. The molecule has 0 aliphatic carbocycles. The second-order valence-electron chi connectivity index (χ2n) is 3.46. The Balaban J connectivity index is 4.29. The van der Waals surface area contributed by atoms with Crippen LogP contribution in [-0.2, 0) is 10.9 Å². The Kier molecular flexibility index (Phi) is 6.33. The number of unbranched alkanes of at least 4 members (excludes halogenated alkanes) is 1. The number of hydrogen-bond donors (Lipinski definition) is 2. The number of rotatable bonds is 7. The zero-order valence-corrected chi connectivity index (χ0v) is 9.69. The lowest BCUT2D eigenvalue weighted by atomic mass is 9.88. The van der Waals surface area contributed by atoms with Crippen molar-refractivity contribution in [3.8, 4) is 0 Å². The summed E-state index contributed by atoms with van der Waals surface area (Å²) in [4.78, 5) is 0. The first-order valence-corrected chi connectivity index (χ1v) is 6.20. The van der Waals surface area contributed by atoms with E-state index in [2.05, 4.69) is 11.6 Å². The third-order valence-corrected chi connectivity index (χ3v) is 3.35. The van der Waals surface area contributed by atoms with Gasteiger partial charge in [0.2, 0.25) is 10.9 Å². The topological polar surface area (TPSA) is 46.2 Å². The SMILES string of the molecule is CCCCC(CC)(CC)N[SH](=O)=O. The van der Waals surface area contributed by atoms with Gasteiger partial charge in [-0.2, -0.15) is 0 Å². The molecule has 0 heterocycles. The number of thiol groups is 1. The highest BCUT2D eigenvalue weighted by molar-refractivity contribution is 7.70. The van der Waals surface area contributed by atoms with Crippen molar-refractivity contribution in [1.82, 2.24) is 4.72 Å². The van der Waals surface area contributed by atoms with Crippen molar-refractivity contribution in [2.24, 2.45) is 0 Å². The molecule has 0 fully saturated rings. The van der Waals surface area contributed by atoms with Gasteiger partial charge in [-0.15, -0.1) is 0 Å². The largest absolute Gasteiger partial charge is 0.215 e. The monoisotopic (exact) mass is 207 g/mol. The molecule has 0 aromatic heterocycles. The Labute approximate surface area is 83.0 Å². The van der Waals surface area contributed by atoms with Crippen molar-refractivity contribution < 1.29 is 8.42 Å². The summed E-state index contributed by atoms with van der Waals surface area (Å²) in [6, 6.07) is 0. The van der Waals surface area contributed by atoms with Crippen LogP contribution in [0.4, 0.5) is 0 Å². The summed E-state index contributed by atoms with van der Waals surface area (Å²) in [5.41, 5.74) is -0.189. The molecule has 0 radical (unpaired) electrons. The molecule has 0 rings (SSSR count). The highest BCUT2D eigenvalue weighted by Crippen LogP contribution is 2.22.